The summed E-state index contributed by atoms with van der Waals surface area (Å²) in [5, 5.41) is 7.62. The van der Waals surface area contributed by atoms with Gasteiger partial charge in [-0.05, 0) is 69.3 Å². The smallest absolute Gasteiger partial charge is 0.0768 e. The molecule has 1 aromatic heterocycles. The summed E-state index contributed by atoms with van der Waals surface area (Å²) < 4.78 is 5.20. The van der Waals surface area contributed by atoms with Crippen molar-refractivity contribution in [3.63, 3.8) is 0 Å². The van der Waals surface area contributed by atoms with Crippen molar-refractivity contribution in [1.82, 2.24) is 15.1 Å². The first-order valence-electron chi connectivity index (χ1n) is 5.34. The normalized spacial score (nSPS) is 12.7. The topological polar surface area (TPSA) is 29.9 Å². The maximum Gasteiger partial charge on any atom is 0.0768 e. The molecule has 1 heterocycles. The van der Waals surface area contributed by atoms with E-state index in [1.165, 1.54) is 9.13 Å². The van der Waals surface area contributed by atoms with E-state index in [-0.39, 0.29) is 6.04 Å². The first kappa shape index (κ1) is 14.5. The van der Waals surface area contributed by atoms with Crippen LogP contribution >= 0.6 is 54.5 Å². The standard InChI is InChI=1S/C12H12Br2IN3/c1-16-11(12-10(14)6-17-18(12)2)8-5-7(15)3-4-9(8)13/h3-6,11,16H,1-2H3. The maximum atomic E-state index is 4.28. The molecule has 1 aromatic carbocycles. The molecule has 0 fully saturated rings. The third kappa shape index (κ3) is 2.81. The molecule has 0 radical (unpaired) electrons. The molecule has 1 atom stereocenters. The fraction of sp³-hybridized carbons (Fsp3) is 0.250. The lowest BCUT2D eigenvalue weighted by Gasteiger charge is -2.19. The van der Waals surface area contributed by atoms with Gasteiger partial charge in [-0.3, -0.25) is 4.68 Å². The predicted molar refractivity (Wildman–Crippen MR) is 88.7 cm³/mol. The van der Waals surface area contributed by atoms with Crippen LogP contribution in [0.3, 0.4) is 0 Å². The van der Waals surface area contributed by atoms with Crippen LogP contribution in [-0.2, 0) is 7.05 Å². The van der Waals surface area contributed by atoms with E-state index in [1.54, 1.807) is 0 Å². The van der Waals surface area contributed by atoms with Crippen molar-refractivity contribution in [2.45, 2.75) is 6.04 Å². The van der Waals surface area contributed by atoms with Crippen molar-refractivity contribution >= 4 is 54.5 Å². The van der Waals surface area contributed by atoms with Crippen LogP contribution in [0, 0.1) is 3.57 Å². The minimum absolute atomic E-state index is 0.0935. The van der Waals surface area contributed by atoms with Crippen molar-refractivity contribution in [3.8, 4) is 0 Å². The van der Waals surface area contributed by atoms with Gasteiger partial charge in [0.2, 0.25) is 0 Å². The molecule has 18 heavy (non-hydrogen) atoms. The Morgan fingerprint density at radius 1 is 1.33 bits per heavy atom. The number of hydrogen-bond donors (Lipinski definition) is 1. The van der Waals surface area contributed by atoms with Gasteiger partial charge in [0.1, 0.15) is 0 Å². The fourth-order valence-corrected chi connectivity index (χ4v) is 3.49. The SMILES string of the molecule is CNC(c1cc(I)ccc1Br)c1c(Br)cnn1C. The van der Waals surface area contributed by atoms with Crippen molar-refractivity contribution < 1.29 is 0 Å². The quantitative estimate of drug-likeness (QED) is 0.671. The Balaban J connectivity index is 2.55. The largest absolute Gasteiger partial charge is 0.308 e. The molecule has 0 saturated carbocycles. The van der Waals surface area contributed by atoms with Crippen LogP contribution in [0.4, 0.5) is 0 Å². The highest BCUT2D eigenvalue weighted by Gasteiger charge is 2.21. The molecule has 2 rings (SSSR count). The Morgan fingerprint density at radius 2 is 2.06 bits per heavy atom. The van der Waals surface area contributed by atoms with Crippen molar-refractivity contribution in [2.24, 2.45) is 7.05 Å². The number of hydrogen-bond acceptors (Lipinski definition) is 2. The molecule has 96 valence electrons. The molecule has 0 aliphatic heterocycles. The van der Waals surface area contributed by atoms with Crippen LogP contribution in [0.5, 0.6) is 0 Å². The Hall–Kier alpha value is 0.0800. The molecule has 0 saturated heterocycles. The van der Waals surface area contributed by atoms with Crippen molar-refractivity contribution in [1.29, 1.82) is 0 Å². The second-order valence-corrected chi connectivity index (χ2v) is 6.84. The summed E-state index contributed by atoms with van der Waals surface area (Å²) in [6, 6.07) is 6.42. The predicted octanol–water partition coefficient (Wildman–Crippen LogP) is 3.86. The van der Waals surface area contributed by atoms with E-state index < -0.39 is 0 Å². The molecular weight excluding hydrogens is 473 g/mol. The van der Waals surface area contributed by atoms with Crippen molar-refractivity contribution in [2.75, 3.05) is 7.05 Å². The van der Waals surface area contributed by atoms with Crippen LogP contribution in [0.25, 0.3) is 0 Å². The van der Waals surface area contributed by atoms with Crippen LogP contribution in [0.15, 0.2) is 33.3 Å². The molecular formula is C12H12Br2IN3. The number of benzene rings is 1. The highest BCUT2D eigenvalue weighted by molar-refractivity contribution is 14.1. The minimum Gasteiger partial charge on any atom is -0.308 e. The molecule has 3 nitrogen and oxygen atoms in total. The summed E-state index contributed by atoms with van der Waals surface area (Å²) in [4.78, 5) is 0. The van der Waals surface area contributed by atoms with Gasteiger partial charge in [-0.2, -0.15) is 5.10 Å². The summed E-state index contributed by atoms with van der Waals surface area (Å²) in [5.41, 5.74) is 2.31. The molecule has 6 heteroatoms. The number of aromatic nitrogens is 2. The number of nitrogens with zero attached hydrogens (tertiary/aromatic N) is 2. The van der Waals surface area contributed by atoms with Crippen LogP contribution in [0.1, 0.15) is 17.3 Å². The van der Waals surface area contributed by atoms with Gasteiger partial charge in [0, 0.05) is 15.1 Å². The lowest BCUT2D eigenvalue weighted by Crippen LogP contribution is -2.21. The zero-order valence-electron chi connectivity index (χ0n) is 9.92. The van der Waals surface area contributed by atoms with E-state index >= 15 is 0 Å². The number of nitrogens with one attached hydrogen (secondary N) is 1. The third-order valence-corrected chi connectivity index (χ3v) is 4.77. The lowest BCUT2D eigenvalue weighted by molar-refractivity contribution is 0.602. The number of halogens is 3. The Labute approximate surface area is 137 Å². The van der Waals surface area contributed by atoms with Gasteiger partial charge in [-0.25, -0.2) is 0 Å². The van der Waals surface area contributed by atoms with Gasteiger partial charge in [0.25, 0.3) is 0 Å². The average Bonchev–Trinajstić information content (AvgIpc) is 2.66. The fourth-order valence-electron chi connectivity index (χ4n) is 1.92. The van der Waals surface area contributed by atoms with Crippen LogP contribution in [0.2, 0.25) is 0 Å². The van der Waals surface area contributed by atoms with E-state index in [1.807, 2.05) is 25.0 Å². The summed E-state index contributed by atoms with van der Waals surface area (Å²) in [5.74, 6) is 0. The zero-order valence-corrected chi connectivity index (χ0v) is 15.2. The third-order valence-electron chi connectivity index (χ3n) is 2.77. The van der Waals surface area contributed by atoms with Gasteiger partial charge in [-0.15, -0.1) is 0 Å². The van der Waals surface area contributed by atoms with Gasteiger partial charge in [0.15, 0.2) is 0 Å². The number of aryl methyl sites for hydroxylation is 1. The molecule has 1 unspecified atom stereocenters. The summed E-state index contributed by atoms with van der Waals surface area (Å²) in [6.07, 6.45) is 1.82. The van der Waals surface area contributed by atoms with E-state index in [9.17, 15) is 0 Å². The monoisotopic (exact) mass is 483 g/mol. The Kier molecular flexibility index (Phi) is 4.85. The Bertz CT molecular complexity index is 549. The average molecular weight is 485 g/mol. The Morgan fingerprint density at radius 3 is 2.61 bits per heavy atom. The highest BCUT2D eigenvalue weighted by Crippen LogP contribution is 2.32. The maximum absolute atomic E-state index is 4.28. The summed E-state index contributed by atoms with van der Waals surface area (Å²) in [7, 11) is 3.91. The van der Waals surface area contributed by atoms with Gasteiger partial charge >= 0.3 is 0 Å². The van der Waals surface area contributed by atoms with Crippen molar-refractivity contribution in [3.05, 3.63) is 48.2 Å². The van der Waals surface area contributed by atoms with E-state index in [2.05, 4.69) is 83.1 Å². The first-order valence-corrected chi connectivity index (χ1v) is 8.00. The molecule has 0 aliphatic rings. The molecule has 1 N–H and O–H groups in total. The molecule has 2 aromatic rings. The minimum atomic E-state index is 0.0935. The second-order valence-electron chi connectivity index (χ2n) is 3.89. The summed E-state index contributed by atoms with van der Waals surface area (Å²) in [6.45, 7) is 0. The highest BCUT2D eigenvalue weighted by atomic mass is 127. The van der Waals surface area contributed by atoms with Crippen LogP contribution < -0.4 is 5.32 Å². The van der Waals surface area contributed by atoms with E-state index in [0.717, 1.165) is 14.6 Å². The lowest BCUT2D eigenvalue weighted by atomic mass is 10.0. The summed E-state index contributed by atoms with van der Waals surface area (Å²) >= 11 is 9.50. The second kappa shape index (κ2) is 6.02. The van der Waals surface area contributed by atoms with Gasteiger partial charge < -0.3 is 5.32 Å². The van der Waals surface area contributed by atoms with Crippen LogP contribution in [-0.4, -0.2) is 16.8 Å². The van der Waals surface area contributed by atoms with Gasteiger partial charge in [0.05, 0.1) is 22.4 Å². The first-order chi connectivity index (χ1) is 8.54. The van der Waals surface area contributed by atoms with Gasteiger partial charge in [-0.1, -0.05) is 15.9 Å². The molecule has 0 aliphatic carbocycles. The molecule has 0 bridgehead atoms. The zero-order chi connectivity index (χ0) is 13.3. The van der Waals surface area contributed by atoms with E-state index in [0.29, 0.717) is 0 Å². The van der Waals surface area contributed by atoms with E-state index in [4.69, 9.17) is 0 Å². The molecule has 0 amide bonds. The molecule has 0 spiro atoms. The number of rotatable bonds is 3.